The second-order valence-corrected chi connectivity index (χ2v) is 11.9. The van der Waals surface area contributed by atoms with Crippen molar-refractivity contribution in [1.29, 1.82) is 0 Å². The van der Waals surface area contributed by atoms with Gasteiger partial charge < -0.3 is 15.1 Å². The SMILES string of the molecule is CN1CCN(c2ccc(-c3ccc4cnn(C)c4c3)cc2)C(OS(=O)(=O)CC(=O)NCCCCCCC(=O)NO)C1. The number of hydrogen-bond donors (Lipinski definition) is 3. The summed E-state index contributed by atoms with van der Waals surface area (Å²) in [5, 5.41) is 16.5. The molecule has 2 aromatic carbocycles. The highest BCUT2D eigenvalue weighted by Gasteiger charge is 2.31. The van der Waals surface area contributed by atoms with Crippen molar-refractivity contribution in [2.24, 2.45) is 7.05 Å². The van der Waals surface area contributed by atoms with E-state index in [1.165, 1.54) is 0 Å². The average Bonchev–Trinajstić information content (AvgIpc) is 3.32. The molecular formula is C28H38N6O6S. The lowest BCUT2D eigenvalue weighted by Crippen LogP contribution is -2.54. The van der Waals surface area contributed by atoms with E-state index in [1.54, 1.807) is 5.48 Å². The normalized spacial score (nSPS) is 16.2. The number of carbonyl (C=O) groups is 2. The zero-order valence-electron chi connectivity index (χ0n) is 23.5. The minimum absolute atomic E-state index is 0.234. The van der Waals surface area contributed by atoms with Gasteiger partial charge in [0.2, 0.25) is 11.8 Å². The first kappa shape index (κ1) is 30.4. The molecule has 2 amide bonds. The number of rotatable bonds is 13. The third kappa shape index (κ3) is 8.49. The van der Waals surface area contributed by atoms with Gasteiger partial charge in [-0.1, -0.05) is 37.1 Å². The molecule has 0 spiro atoms. The van der Waals surface area contributed by atoms with Gasteiger partial charge in [-0.25, -0.2) is 9.66 Å². The fourth-order valence-corrected chi connectivity index (χ4v) is 5.88. The Morgan fingerprint density at radius 1 is 1.00 bits per heavy atom. The predicted octanol–water partition coefficient (Wildman–Crippen LogP) is 2.24. The molecule has 1 unspecified atom stereocenters. The molecule has 3 aromatic rings. The quantitative estimate of drug-likeness (QED) is 0.119. The second kappa shape index (κ2) is 13.9. The molecule has 3 N–H and O–H groups in total. The van der Waals surface area contributed by atoms with Gasteiger partial charge in [0.25, 0.3) is 10.1 Å². The number of fused-ring (bicyclic) bond motifs is 1. The molecule has 0 aliphatic carbocycles. The summed E-state index contributed by atoms with van der Waals surface area (Å²) in [4.78, 5) is 27.2. The lowest BCUT2D eigenvalue weighted by atomic mass is 10.0. The summed E-state index contributed by atoms with van der Waals surface area (Å²) in [6.45, 7) is 2.01. The van der Waals surface area contributed by atoms with Crippen molar-refractivity contribution in [1.82, 2.24) is 25.5 Å². The van der Waals surface area contributed by atoms with Gasteiger partial charge in [0.1, 0.15) is 0 Å². The van der Waals surface area contributed by atoms with Gasteiger partial charge >= 0.3 is 0 Å². The maximum absolute atomic E-state index is 12.8. The number of benzene rings is 2. The zero-order chi connectivity index (χ0) is 29.4. The van der Waals surface area contributed by atoms with E-state index in [2.05, 4.69) is 22.5 Å². The Labute approximate surface area is 240 Å². The summed E-state index contributed by atoms with van der Waals surface area (Å²) in [5.41, 5.74) is 5.55. The molecule has 1 aliphatic heterocycles. The molecule has 1 saturated heterocycles. The first-order valence-corrected chi connectivity index (χ1v) is 15.3. The number of hydroxylamine groups is 1. The third-order valence-electron chi connectivity index (χ3n) is 7.16. The molecule has 1 aliphatic rings. The van der Waals surface area contributed by atoms with E-state index in [-0.39, 0.29) is 6.42 Å². The number of carbonyl (C=O) groups excluding carboxylic acids is 2. The Balaban J connectivity index is 1.32. The Kier molecular flexibility index (Phi) is 10.3. The number of amides is 2. The second-order valence-electron chi connectivity index (χ2n) is 10.3. The lowest BCUT2D eigenvalue weighted by Gasteiger charge is -2.40. The molecule has 4 rings (SSSR count). The van der Waals surface area contributed by atoms with Crippen LogP contribution in [0.3, 0.4) is 0 Å². The van der Waals surface area contributed by atoms with E-state index in [0.717, 1.165) is 47.1 Å². The van der Waals surface area contributed by atoms with E-state index in [0.29, 0.717) is 32.5 Å². The predicted molar refractivity (Wildman–Crippen MR) is 156 cm³/mol. The molecule has 0 bridgehead atoms. The largest absolute Gasteiger partial charge is 0.355 e. The van der Waals surface area contributed by atoms with Crippen molar-refractivity contribution >= 4 is 38.5 Å². The van der Waals surface area contributed by atoms with Gasteiger partial charge in [-0.3, -0.25) is 19.5 Å². The Bertz CT molecular complexity index is 1440. The van der Waals surface area contributed by atoms with Crippen LogP contribution in [0.4, 0.5) is 5.69 Å². The molecule has 1 fully saturated rings. The van der Waals surface area contributed by atoms with Gasteiger partial charge in [0, 0.05) is 50.7 Å². The van der Waals surface area contributed by atoms with Crippen molar-refractivity contribution in [2.75, 3.05) is 43.9 Å². The number of unbranched alkanes of at least 4 members (excludes halogenated alkanes) is 3. The average molecular weight is 587 g/mol. The van der Waals surface area contributed by atoms with E-state index >= 15 is 0 Å². The highest BCUT2D eigenvalue weighted by Crippen LogP contribution is 2.28. The summed E-state index contributed by atoms with van der Waals surface area (Å²) < 4.78 is 33.0. The van der Waals surface area contributed by atoms with Gasteiger partial charge in [0.15, 0.2) is 12.0 Å². The lowest BCUT2D eigenvalue weighted by molar-refractivity contribution is -0.129. The van der Waals surface area contributed by atoms with Gasteiger partial charge in [-0.2, -0.15) is 13.5 Å². The van der Waals surface area contributed by atoms with Crippen LogP contribution in [-0.2, 0) is 30.9 Å². The number of nitrogens with zero attached hydrogens (tertiary/aromatic N) is 4. The molecular weight excluding hydrogens is 548 g/mol. The van der Waals surface area contributed by atoms with Crippen LogP contribution in [0.15, 0.2) is 48.7 Å². The van der Waals surface area contributed by atoms with Gasteiger partial charge in [-0.15, -0.1) is 0 Å². The van der Waals surface area contributed by atoms with Crippen molar-refractivity contribution in [2.45, 2.75) is 38.3 Å². The topological polar surface area (TPSA) is 146 Å². The molecule has 0 saturated carbocycles. The molecule has 222 valence electrons. The molecule has 41 heavy (non-hydrogen) atoms. The molecule has 13 heteroatoms. The Morgan fingerprint density at radius 3 is 2.49 bits per heavy atom. The van der Waals surface area contributed by atoms with E-state index in [9.17, 15) is 18.0 Å². The van der Waals surface area contributed by atoms with Crippen molar-refractivity contribution in [3.63, 3.8) is 0 Å². The smallest absolute Gasteiger partial charge is 0.278 e. The zero-order valence-corrected chi connectivity index (χ0v) is 24.3. The van der Waals surface area contributed by atoms with Crippen molar-refractivity contribution in [3.05, 3.63) is 48.7 Å². The first-order chi connectivity index (χ1) is 19.6. The van der Waals surface area contributed by atoms with Crippen LogP contribution in [-0.4, -0.2) is 85.3 Å². The highest BCUT2D eigenvalue weighted by molar-refractivity contribution is 7.87. The van der Waals surface area contributed by atoms with Gasteiger partial charge in [0.05, 0.1) is 11.7 Å². The summed E-state index contributed by atoms with van der Waals surface area (Å²) in [6.07, 6.45) is 4.11. The fraction of sp³-hybridized carbons (Fsp3) is 0.464. The number of piperazine rings is 1. The third-order valence-corrected chi connectivity index (χ3v) is 8.29. The van der Waals surface area contributed by atoms with Gasteiger partial charge in [-0.05, 0) is 49.2 Å². The maximum atomic E-state index is 12.8. The van der Waals surface area contributed by atoms with Crippen molar-refractivity contribution < 1.29 is 27.4 Å². The number of aromatic nitrogens is 2. The van der Waals surface area contributed by atoms with Crippen LogP contribution in [0.25, 0.3) is 22.0 Å². The van der Waals surface area contributed by atoms with Crippen LogP contribution >= 0.6 is 0 Å². The van der Waals surface area contributed by atoms with Crippen LogP contribution in [0.2, 0.25) is 0 Å². The number of hydrogen-bond acceptors (Lipinski definition) is 9. The minimum atomic E-state index is -4.14. The number of aryl methyl sites for hydroxylation is 1. The highest BCUT2D eigenvalue weighted by atomic mass is 32.2. The molecule has 1 atom stereocenters. The molecule has 1 aromatic heterocycles. The monoisotopic (exact) mass is 586 g/mol. The number of likely N-dealkylation sites (N-methyl/N-ethyl adjacent to an activating group) is 1. The van der Waals surface area contributed by atoms with E-state index in [1.807, 2.05) is 65.1 Å². The van der Waals surface area contributed by atoms with Crippen LogP contribution in [0.5, 0.6) is 0 Å². The summed E-state index contributed by atoms with van der Waals surface area (Å²) in [7, 11) is -0.322. The molecule has 12 nitrogen and oxygen atoms in total. The summed E-state index contributed by atoms with van der Waals surface area (Å²) in [5.74, 6) is -1.80. The van der Waals surface area contributed by atoms with Crippen LogP contribution in [0.1, 0.15) is 32.1 Å². The summed E-state index contributed by atoms with van der Waals surface area (Å²) >= 11 is 0. The first-order valence-electron chi connectivity index (χ1n) is 13.7. The van der Waals surface area contributed by atoms with E-state index in [4.69, 9.17) is 9.39 Å². The number of anilines is 1. The fourth-order valence-electron chi connectivity index (χ4n) is 4.89. The van der Waals surface area contributed by atoms with E-state index < -0.39 is 33.9 Å². The maximum Gasteiger partial charge on any atom is 0.278 e. The molecule has 0 radical (unpaired) electrons. The minimum Gasteiger partial charge on any atom is -0.355 e. The summed E-state index contributed by atoms with van der Waals surface area (Å²) in [6, 6.07) is 14.1. The van der Waals surface area contributed by atoms with Crippen LogP contribution in [0, 0.1) is 0 Å². The number of nitrogens with one attached hydrogen (secondary N) is 2. The van der Waals surface area contributed by atoms with Crippen LogP contribution < -0.4 is 15.7 Å². The standard InChI is InChI=1S/C28H38N6O6S/c1-32-15-16-34(24-12-10-21(11-13-24)22-8-9-23-18-30-33(2)25(23)17-22)28(19-32)40-41(38,39)20-27(36)29-14-6-4-3-5-7-26(35)31-37/h8-13,17-18,28,37H,3-7,14-16,19-20H2,1-2H3,(H,29,36)(H,31,35). The Morgan fingerprint density at radius 2 is 1.73 bits per heavy atom. The Hall–Kier alpha value is -3.52. The van der Waals surface area contributed by atoms with Crippen molar-refractivity contribution in [3.8, 4) is 11.1 Å². The molecule has 2 heterocycles.